The van der Waals surface area contributed by atoms with Crippen LogP contribution < -0.4 is 0 Å². The summed E-state index contributed by atoms with van der Waals surface area (Å²) in [6.07, 6.45) is 0. The van der Waals surface area contributed by atoms with E-state index in [1.165, 1.54) is 0 Å². The van der Waals surface area contributed by atoms with E-state index in [-0.39, 0.29) is 0 Å². The molecular weight excluding hydrogens is 532 g/mol. The van der Waals surface area contributed by atoms with E-state index in [9.17, 15) is 38.4 Å². The molecule has 0 fully saturated rings. The Labute approximate surface area is 221 Å². The average molecular weight is 558 g/mol. The zero-order valence-corrected chi connectivity index (χ0v) is 22.2. The molecule has 0 heterocycles. The van der Waals surface area contributed by atoms with Crippen molar-refractivity contribution in [2.75, 3.05) is 56.9 Å². The molecule has 1 rings (SSSR count). The van der Waals surface area contributed by atoms with Gasteiger partial charge in [0.2, 0.25) is 5.41 Å². The monoisotopic (exact) mass is 558 g/mol. The van der Waals surface area contributed by atoms with Crippen LogP contribution in [0.3, 0.4) is 0 Å². The van der Waals surface area contributed by atoms with E-state index in [0.717, 1.165) is 56.9 Å². The summed E-state index contributed by atoms with van der Waals surface area (Å²) in [5.74, 6) is -18.2. The van der Waals surface area contributed by atoms with Crippen LogP contribution in [0.1, 0.15) is 0 Å². The van der Waals surface area contributed by atoms with Crippen molar-refractivity contribution in [2.45, 2.75) is 0 Å². The Morgan fingerprint density at radius 2 is 0.897 bits per heavy atom. The Kier molecular flexibility index (Phi) is 10.9. The number of rotatable bonds is 8. The first kappa shape index (κ1) is 32.3. The van der Waals surface area contributed by atoms with Gasteiger partial charge in [0, 0.05) is 0 Å². The minimum atomic E-state index is -3.46. The highest BCUT2D eigenvalue weighted by molar-refractivity contribution is 6.23. The van der Waals surface area contributed by atoms with Crippen molar-refractivity contribution in [3.63, 3.8) is 0 Å². The van der Waals surface area contributed by atoms with Crippen molar-refractivity contribution < 1.29 is 76.3 Å². The van der Waals surface area contributed by atoms with Crippen LogP contribution >= 0.6 is 0 Å². The van der Waals surface area contributed by atoms with Crippen LogP contribution in [0.5, 0.6) is 0 Å². The van der Waals surface area contributed by atoms with Gasteiger partial charge >= 0.3 is 47.8 Å². The van der Waals surface area contributed by atoms with Gasteiger partial charge in [-0.1, -0.05) is 0 Å². The lowest BCUT2D eigenvalue weighted by Gasteiger charge is -2.37. The molecule has 0 unspecified atom stereocenters. The van der Waals surface area contributed by atoms with E-state index in [4.69, 9.17) is 28.4 Å². The molecule has 0 aliphatic heterocycles. The second-order valence-electron chi connectivity index (χ2n) is 7.30. The SMILES string of the molecule is COC(=O)C1=C(C(=O)OC)[C@H](C(=O)OC)[C@H](C(=O)OC)C(C(=O)OC)(C(=O)OC)C(C(=O)OC)=C1C(=O)OC. The molecule has 16 heteroatoms. The maximum absolute atomic E-state index is 13.6. The fourth-order valence-corrected chi connectivity index (χ4v) is 4.19. The van der Waals surface area contributed by atoms with Crippen LogP contribution in [-0.4, -0.2) is 105 Å². The molecule has 0 spiro atoms. The fourth-order valence-electron chi connectivity index (χ4n) is 4.19. The number of hydrogen-bond acceptors (Lipinski definition) is 16. The molecule has 1 aliphatic carbocycles. The minimum absolute atomic E-state index is 0.724. The third-order valence-electron chi connectivity index (χ3n) is 5.77. The predicted molar refractivity (Wildman–Crippen MR) is 120 cm³/mol. The Bertz CT molecular complexity index is 1140. The Morgan fingerprint density at radius 3 is 1.26 bits per heavy atom. The molecule has 0 amide bonds. The molecule has 0 bridgehead atoms. The van der Waals surface area contributed by atoms with Crippen LogP contribution in [0, 0.1) is 17.3 Å². The summed E-state index contributed by atoms with van der Waals surface area (Å²) < 4.78 is 37.7. The third-order valence-corrected chi connectivity index (χ3v) is 5.77. The first-order valence-corrected chi connectivity index (χ1v) is 10.5. The van der Waals surface area contributed by atoms with Crippen LogP contribution in [0.2, 0.25) is 0 Å². The number of methoxy groups -OCH3 is 8. The number of ether oxygens (including phenoxy) is 8. The lowest BCUT2D eigenvalue weighted by molar-refractivity contribution is -0.183. The first-order valence-electron chi connectivity index (χ1n) is 10.5. The fraction of sp³-hybridized carbons (Fsp3) is 0.478. The summed E-state index contributed by atoms with van der Waals surface area (Å²) in [6, 6.07) is 0. The number of carbonyl (C=O) groups excluding carboxylic acids is 8. The van der Waals surface area contributed by atoms with Gasteiger partial charge in [-0.2, -0.15) is 0 Å². The van der Waals surface area contributed by atoms with Crippen LogP contribution in [0.25, 0.3) is 0 Å². The van der Waals surface area contributed by atoms with Gasteiger partial charge in [0.15, 0.2) is 0 Å². The van der Waals surface area contributed by atoms with Gasteiger partial charge < -0.3 is 37.9 Å². The Hall–Kier alpha value is -4.76. The largest absolute Gasteiger partial charge is 0.469 e. The van der Waals surface area contributed by atoms with Crippen molar-refractivity contribution >= 4 is 47.8 Å². The van der Waals surface area contributed by atoms with Crippen LogP contribution in [0.15, 0.2) is 22.3 Å². The molecule has 0 aromatic rings. The average Bonchev–Trinajstić information content (AvgIpc) is 3.09. The van der Waals surface area contributed by atoms with Gasteiger partial charge in [0.25, 0.3) is 0 Å². The molecule has 0 saturated heterocycles. The van der Waals surface area contributed by atoms with Gasteiger partial charge in [0.05, 0.1) is 79.2 Å². The summed E-state index contributed by atoms with van der Waals surface area (Å²) in [7, 11) is 6.13. The highest BCUT2D eigenvalue weighted by Crippen LogP contribution is 2.52. The second-order valence-corrected chi connectivity index (χ2v) is 7.30. The molecular formula is C23H26O16. The van der Waals surface area contributed by atoms with E-state index < -0.39 is 87.3 Å². The zero-order chi connectivity index (χ0) is 30.2. The summed E-state index contributed by atoms with van der Waals surface area (Å²) in [6.45, 7) is 0. The minimum Gasteiger partial charge on any atom is -0.469 e. The van der Waals surface area contributed by atoms with E-state index in [0.29, 0.717) is 0 Å². The summed E-state index contributed by atoms with van der Waals surface area (Å²) in [5, 5.41) is 0. The molecule has 16 nitrogen and oxygen atoms in total. The van der Waals surface area contributed by atoms with Gasteiger partial charge in [-0.05, 0) is 0 Å². The molecule has 0 radical (unpaired) electrons. The van der Waals surface area contributed by atoms with E-state index in [1.54, 1.807) is 0 Å². The Balaban J connectivity index is 5.06. The molecule has 0 N–H and O–H groups in total. The first-order chi connectivity index (χ1) is 18.4. The molecule has 214 valence electrons. The summed E-state index contributed by atoms with van der Waals surface area (Å²) >= 11 is 0. The molecule has 2 atom stereocenters. The highest BCUT2D eigenvalue weighted by atomic mass is 16.6. The predicted octanol–water partition coefficient (Wildman–Crippen LogP) is -1.80. The van der Waals surface area contributed by atoms with Crippen molar-refractivity contribution in [3.05, 3.63) is 22.3 Å². The van der Waals surface area contributed by atoms with Crippen molar-refractivity contribution in [2.24, 2.45) is 17.3 Å². The second kappa shape index (κ2) is 13.2. The van der Waals surface area contributed by atoms with Crippen molar-refractivity contribution in [1.82, 2.24) is 0 Å². The summed E-state index contributed by atoms with van der Waals surface area (Å²) in [4.78, 5) is 107. The lowest BCUT2D eigenvalue weighted by Crippen LogP contribution is -2.57. The zero-order valence-electron chi connectivity index (χ0n) is 22.2. The van der Waals surface area contributed by atoms with Crippen LogP contribution in [-0.2, 0) is 76.3 Å². The maximum Gasteiger partial charge on any atom is 0.339 e. The van der Waals surface area contributed by atoms with Crippen molar-refractivity contribution in [1.29, 1.82) is 0 Å². The normalized spacial score (nSPS) is 18.1. The van der Waals surface area contributed by atoms with Gasteiger partial charge in [-0.15, -0.1) is 0 Å². The number of carbonyl (C=O) groups is 8. The van der Waals surface area contributed by atoms with Gasteiger partial charge in [0.1, 0.15) is 11.8 Å². The third kappa shape index (κ3) is 5.17. The van der Waals surface area contributed by atoms with Gasteiger partial charge in [-0.3, -0.25) is 19.2 Å². The van der Waals surface area contributed by atoms with Gasteiger partial charge in [-0.25, -0.2) is 19.2 Å². The maximum atomic E-state index is 13.6. The molecule has 0 saturated carbocycles. The van der Waals surface area contributed by atoms with E-state index in [2.05, 4.69) is 9.47 Å². The highest BCUT2D eigenvalue weighted by Gasteiger charge is 2.70. The molecule has 1 aliphatic rings. The van der Waals surface area contributed by atoms with Crippen LogP contribution in [0.4, 0.5) is 0 Å². The smallest absolute Gasteiger partial charge is 0.339 e. The van der Waals surface area contributed by atoms with Crippen molar-refractivity contribution in [3.8, 4) is 0 Å². The van der Waals surface area contributed by atoms with E-state index >= 15 is 0 Å². The molecule has 39 heavy (non-hydrogen) atoms. The summed E-state index contributed by atoms with van der Waals surface area (Å²) in [5.41, 5.74) is -8.45. The molecule has 0 aromatic heterocycles. The van der Waals surface area contributed by atoms with E-state index in [1.807, 2.05) is 0 Å². The topological polar surface area (TPSA) is 210 Å². The lowest BCUT2D eigenvalue weighted by atomic mass is 9.63. The number of hydrogen-bond donors (Lipinski definition) is 0. The quantitative estimate of drug-likeness (QED) is 0.183. The molecule has 0 aromatic carbocycles. The Morgan fingerprint density at radius 1 is 0.487 bits per heavy atom. The number of esters is 8. The standard InChI is InChI=1S/C23H26O16/c1-32-15(24)9-10(16(25)33-2)12(18(27)35-4)14(20(29)37-6)23(21(30)38-7,22(31)39-8)13(19(28)36-5)11(9)17(26)34-3/h11,13H,1-8H3/t11-,13+/m0/s1.